The quantitative estimate of drug-likeness (QED) is 0.379. The maximum Gasteiger partial charge on any atom is 0.160 e. The lowest BCUT2D eigenvalue weighted by molar-refractivity contribution is 0.542. The molecule has 0 aliphatic heterocycles. The van der Waals surface area contributed by atoms with Gasteiger partial charge in [0, 0.05) is 0 Å². The average molecular weight is 289 g/mol. The lowest BCUT2D eigenvalue weighted by Gasteiger charge is -2.01. The van der Waals surface area contributed by atoms with Gasteiger partial charge in [-0.1, -0.05) is 97.3 Å². The molecule has 0 spiro atoms. The van der Waals surface area contributed by atoms with E-state index in [9.17, 15) is 0 Å². The molecule has 116 valence electrons. The molecular formula is C16H36N2S. The van der Waals surface area contributed by atoms with Gasteiger partial charge in [-0.3, -0.25) is 0 Å². The topological polar surface area (TPSA) is 52.0 Å². The fraction of sp³-hybridized carbons (Fsp3) is 0.938. The largest absolute Gasteiger partial charge is 0.377 e. The second-order valence-corrected chi connectivity index (χ2v) is 5.76. The van der Waals surface area contributed by atoms with E-state index in [2.05, 4.69) is 37.5 Å². The lowest BCUT2D eigenvalue weighted by atomic mass is 10.1. The van der Waals surface area contributed by atoms with E-state index in [-0.39, 0.29) is 5.11 Å². The molecule has 0 aromatic carbocycles. The van der Waals surface area contributed by atoms with Crippen LogP contribution in [0.3, 0.4) is 0 Å². The maximum absolute atomic E-state index is 4.62. The van der Waals surface area contributed by atoms with Crippen molar-refractivity contribution in [3.8, 4) is 0 Å². The van der Waals surface area contributed by atoms with Crippen molar-refractivity contribution in [3.63, 3.8) is 0 Å². The Balaban J connectivity index is 0. The first kappa shape index (κ1) is 21.0. The van der Waals surface area contributed by atoms with Gasteiger partial charge in [0.2, 0.25) is 0 Å². The van der Waals surface area contributed by atoms with E-state index in [0.717, 1.165) is 0 Å². The average Bonchev–Trinajstić information content (AvgIpc) is 2.35. The van der Waals surface area contributed by atoms with E-state index in [1.54, 1.807) is 0 Å². The predicted octanol–water partition coefficient (Wildman–Crippen LogP) is 5.29. The molecule has 3 heteroatoms. The Morgan fingerprint density at radius 1 is 0.579 bits per heavy atom. The van der Waals surface area contributed by atoms with Gasteiger partial charge in [-0.15, -0.1) is 0 Å². The lowest BCUT2D eigenvalue weighted by Crippen LogP contribution is -2.18. The van der Waals surface area contributed by atoms with Crippen LogP contribution in [0.15, 0.2) is 0 Å². The van der Waals surface area contributed by atoms with Crippen LogP contribution in [0.1, 0.15) is 97.3 Å². The van der Waals surface area contributed by atoms with Crippen molar-refractivity contribution in [2.75, 3.05) is 0 Å². The third kappa shape index (κ3) is 31.9. The Bertz CT molecular complexity index is 156. The zero-order chi connectivity index (χ0) is 14.8. The van der Waals surface area contributed by atoms with Crippen molar-refractivity contribution >= 4 is 17.3 Å². The first-order valence-electron chi connectivity index (χ1n) is 8.20. The Morgan fingerprint density at radius 3 is 0.895 bits per heavy atom. The molecule has 2 nitrogen and oxygen atoms in total. The Labute approximate surface area is 126 Å². The minimum Gasteiger partial charge on any atom is -0.377 e. The van der Waals surface area contributed by atoms with Crippen molar-refractivity contribution in [3.05, 3.63) is 0 Å². The summed E-state index contributed by atoms with van der Waals surface area (Å²) in [4.78, 5) is 0. The third-order valence-electron chi connectivity index (χ3n) is 3.21. The number of nitrogens with two attached hydrogens (primary N) is 2. The van der Waals surface area contributed by atoms with Gasteiger partial charge in [-0.05, 0) is 12.2 Å². The summed E-state index contributed by atoms with van der Waals surface area (Å²) >= 11 is 4.09. The van der Waals surface area contributed by atoms with E-state index >= 15 is 0 Å². The number of thiocarbonyl (C=S) groups is 1. The van der Waals surface area contributed by atoms with Crippen molar-refractivity contribution in [1.29, 1.82) is 0 Å². The van der Waals surface area contributed by atoms with Gasteiger partial charge in [-0.25, -0.2) is 0 Å². The summed E-state index contributed by atoms with van der Waals surface area (Å²) in [6.45, 7) is 4.58. The fourth-order valence-corrected chi connectivity index (χ4v) is 2.09. The summed E-state index contributed by atoms with van der Waals surface area (Å²) in [7, 11) is 0. The SMILES string of the molecule is CCCCCCCCCCCCCCC.NC(N)=S. The number of hydrogen-bond acceptors (Lipinski definition) is 1. The highest BCUT2D eigenvalue weighted by atomic mass is 32.1. The molecule has 0 radical (unpaired) electrons. The molecule has 0 aromatic heterocycles. The van der Waals surface area contributed by atoms with E-state index < -0.39 is 0 Å². The summed E-state index contributed by atoms with van der Waals surface area (Å²) in [6, 6.07) is 0. The molecule has 0 amide bonds. The monoisotopic (exact) mass is 288 g/mol. The van der Waals surface area contributed by atoms with Crippen LogP contribution in [0.2, 0.25) is 0 Å². The molecule has 0 aromatic rings. The minimum absolute atomic E-state index is 0.000000000000000222. The molecule has 0 saturated heterocycles. The number of unbranched alkanes of at least 4 members (excludes halogenated alkanes) is 12. The van der Waals surface area contributed by atoms with Crippen LogP contribution in [0.25, 0.3) is 0 Å². The molecule has 0 saturated carbocycles. The molecule has 0 unspecified atom stereocenters. The highest BCUT2D eigenvalue weighted by Crippen LogP contribution is 2.12. The predicted molar refractivity (Wildman–Crippen MR) is 92.3 cm³/mol. The van der Waals surface area contributed by atoms with Gasteiger partial charge in [-0.2, -0.15) is 0 Å². The standard InChI is InChI=1S/C15H32.CH4N2S/c1-3-5-7-9-11-13-15-14-12-10-8-6-4-2;2-1(3)4/h3-15H2,1-2H3;(H4,2,3,4). The van der Waals surface area contributed by atoms with Gasteiger partial charge in [0.15, 0.2) is 5.11 Å². The molecule has 0 aliphatic rings. The second-order valence-electron chi connectivity index (χ2n) is 5.29. The summed E-state index contributed by atoms with van der Waals surface area (Å²) in [5.74, 6) is 0. The van der Waals surface area contributed by atoms with Crippen LogP contribution in [-0.4, -0.2) is 5.11 Å². The van der Waals surface area contributed by atoms with Crippen LogP contribution in [0.4, 0.5) is 0 Å². The number of hydrogen-bond donors (Lipinski definition) is 2. The summed E-state index contributed by atoms with van der Waals surface area (Å²) in [5, 5.41) is 0.000000000000000222. The Hall–Kier alpha value is -0.310. The Morgan fingerprint density at radius 2 is 0.737 bits per heavy atom. The molecule has 0 fully saturated rings. The third-order valence-corrected chi connectivity index (χ3v) is 3.21. The molecule has 19 heavy (non-hydrogen) atoms. The van der Waals surface area contributed by atoms with Crippen LogP contribution in [0.5, 0.6) is 0 Å². The van der Waals surface area contributed by atoms with Crippen molar-refractivity contribution < 1.29 is 0 Å². The highest BCUT2D eigenvalue weighted by molar-refractivity contribution is 7.80. The molecule has 0 rings (SSSR count). The van der Waals surface area contributed by atoms with Crippen molar-refractivity contribution in [2.24, 2.45) is 11.5 Å². The fourth-order valence-electron chi connectivity index (χ4n) is 2.09. The van der Waals surface area contributed by atoms with Crippen LogP contribution in [0, 0.1) is 0 Å². The normalized spacial score (nSPS) is 9.79. The Kier molecular flexibility index (Phi) is 22.1. The van der Waals surface area contributed by atoms with Crippen molar-refractivity contribution in [1.82, 2.24) is 0 Å². The van der Waals surface area contributed by atoms with E-state index in [0.29, 0.717) is 0 Å². The van der Waals surface area contributed by atoms with Crippen LogP contribution >= 0.6 is 12.2 Å². The second kappa shape index (κ2) is 20.0. The highest BCUT2D eigenvalue weighted by Gasteiger charge is 1.92. The zero-order valence-electron chi connectivity index (χ0n) is 13.3. The smallest absolute Gasteiger partial charge is 0.160 e. The van der Waals surface area contributed by atoms with E-state index in [4.69, 9.17) is 0 Å². The van der Waals surface area contributed by atoms with Gasteiger partial charge >= 0.3 is 0 Å². The zero-order valence-corrected chi connectivity index (χ0v) is 14.1. The molecule has 0 heterocycles. The first-order chi connectivity index (χ1) is 9.15. The van der Waals surface area contributed by atoms with Crippen LogP contribution in [-0.2, 0) is 0 Å². The molecule has 4 N–H and O–H groups in total. The number of rotatable bonds is 12. The van der Waals surface area contributed by atoms with Crippen molar-refractivity contribution in [2.45, 2.75) is 97.3 Å². The molecular weight excluding hydrogens is 252 g/mol. The van der Waals surface area contributed by atoms with Gasteiger partial charge in [0.05, 0.1) is 0 Å². The summed E-state index contributed by atoms with van der Waals surface area (Å²) in [5.41, 5.74) is 9.24. The van der Waals surface area contributed by atoms with Gasteiger partial charge < -0.3 is 11.5 Å². The van der Waals surface area contributed by atoms with Crippen LogP contribution < -0.4 is 11.5 Å². The van der Waals surface area contributed by atoms with E-state index in [1.165, 1.54) is 83.5 Å². The van der Waals surface area contributed by atoms with E-state index in [1.807, 2.05) is 0 Å². The maximum atomic E-state index is 4.62. The molecule has 0 aliphatic carbocycles. The van der Waals surface area contributed by atoms with Gasteiger partial charge in [0.25, 0.3) is 0 Å². The van der Waals surface area contributed by atoms with Gasteiger partial charge in [0.1, 0.15) is 0 Å². The molecule has 0 bridgehead atoms. The summed E-state index contributed by atoms with van der Waals surface area (Å²) in [6.07, 6.45) is 18.9. The first-order valence-corrected chi connectivity index (χ1v) is 8.60. The minimum atomic E-state index is 0.000000000000000222. The molecule has 0 atom stereocenters. The summed E-state index contributed by atoms with van der Waals surface area (Å²) < 4.78 is 0.